The van der Waals surface area contributed by atoms with E-state index < -0.39 is 5.91 Å². The van der Waals surface area contributed by atoms with Crippen molar-refractivity contribution in [1.29, 1.82) is 0 Å². The van der Waals surface area contributed by atoms with Gasteiger partial charge in [-0.25, -0.2) is 0 Å². The minimum atomic E-state index is -0.421. The highest BCUT2D eigenvalue weighted by atomic mass is 35.5. The van der Waals surface area contributed by atoms with Gasteiger partial charge in [-0.3, -0.25) is 9.59 Å². The van der Waals surface area contributed by atoms with E-state index in [2.05, 4.69) is 10.6 Å². The van der Waals surface area contributed by atoms with Crippen LogP contribution in [0.4, 0.5) is 0 Å². The van der Waals surface area contributed by atoms with Crippen molar-refractivity contribution in [3.8, 4) is 5.75 Å². The molecule has 0 spiro atoms. The topological polar surface area (TPSA) is 67.4 Å². The third kappa shape index (κ3) is 5.72. The second-order valence-electron chi connectivity index (χ2n) is 6.43. The van der Waals surface area contributed by atoms with E-state index in [0.717, 1.165) is 11.1 Å². The van der Waals surface area contributed by atoms with Gasteiger partial charge in [-0.1, -0.05) is 60.1 Å². The van der Waals surface area contributed by atoms with Crippen LogP contribution in [0.3, 0.4) is 0 Å². The molecule has 0 radical (unpaired) electrons. The Morgan fingerprint density at radius 2 is 1.60 bits per heavy atom. The second kappa shape index (κ2) is 10.3. The maximum absolute atomic E-state index is 12.9. The quantitative estimate of drug-likeness (QED) is 0.555. The van der Waals surface area contributed by atoms with E-state index in [1.165, 1.54) is 0 Å². The van der Waals surface area contributed by atoms with Crippen LogP contribution in [-0.4, -0.2) is 18.9 Å². The van der Waals surface area contributed by atoms with Crippen molar-refractivity contribution in [2.45, 2.75) is 6.54 Å². The summed E-state index contributed by atoms with van der Waals surface area (Å²) in [6, 6.07) is 23.1. The highest BCUT2D eigenvalue weighted by Gasteiger charge is 2.15. The molecular weight excluding hydrogens is 400 g/mol. The molecule has 0 aliphatic heterocycles. The molecule has 3 rings (SSSR count). The summed E-state index contributed by atoms with van der Waals surface area (Å²) in [4.78, 5) is 25.5. The average molecular weight is 421 g/mol. The maximum Gasteiger partial charge on any atom is 0.268 e. The lowest BCUT2D eigenvalue weighted by molar-refractivity contribution is -0.117. The van der Waals surface area contributed by atoms with Crippen LogP contribution in [0.5, 0.6) is 5.75 Å². The SMILES string of the molecule is COc1ccc(C=C(NC(=O)c2ccccc2)C(=O)NCc2ccccc2Cl)cc1. The monoisotopic (exact) mass is 420 g/mol. The van der Waals surface area contributed by atoms with E-state index in [4.69, 9.17) is 16.3 Å². The van der Waals surface area contributed by atoms with Gasteiger partial charge in [0.2, 0.25) is 0 Å². The van der Waals surface area contributed by atoms with E-state index in [0.29, 0.717) is 16.3 Å². The fourth-order valence-corrected chi connectivity index (χ4v) is 2.92. The Hall–Kier alpha value is -3.57. The molecule has 0 saturated heterocycles. The molecule has 0 heterocycles. The normalized spacial score (nSPS) is 10.9. The number of hydrogen-bond acceptors (Lipinski definition) is 3. The van der Waals surface area contributed by atoms with Crippen LogP contribution >= 0.6 is 11.6 Å². The Morgan fingerprint density at radius 3 is 2.27 bits per heavy atom. The summed E-state index contributed by atoms with van der Waals surface area (Å²) in [6.07, 6.45) is 1.61. The van der Waals surface area contributed by atoms with Gasteiger partial charge < -0.3 is 15.4 Å². The van der Waals surface area contributed by atoms with E-state index in [1.54, 1.807) is 67.8 Å². The molecule has 30 heavy (non-hydrogen) atoms. The molecule has 3 aromatic carbocycles. The summed E-state index contributed by atoms with van der Waals surface area (Å²) in [6.45, 7) is 0.236. The first kappa shape index (κ1) is 21.1. The Balaban J connectivity index is 1.82. The maximum atomic E-state index is 12.9. The number of benzene rings is 3. The number of ether oxygens (including phenoxy) is 1. The summed E-state index contributed by atoms with van der Waals surface area (Å²) >= 11 is 6.16. The highest BCUT2D eigenvalue weighted by molar-refractivity contribution is 6.31. The molecule has 6 heteroatoms. The van der Waals surface area contributed by atoms with Crippen LogP contribution in [-0.2, 0) is 11.3 Å². The van der Waals surface area contributed by atoms with Gasteiger partial charge in [0, 0.05) is 17.1 Å². The summed E-state index contributed by atoms with van der Waals surface area (Å²) in [7, 11) is 1.58. The van der Waals surface area contributed by atoms with Gasteiger partial charge >= 0.3 is 0 Å². The first-order valence-electron chi connectivity index (χ1n) is 9.30. The minimum Gasteiger partial charge on any atom is -0.497 e. The van der Waals surface area contributed by atoms with Crippen LogP contribution < -0.4 is 15.4 Å². The molecule has 2 amide bonds. The molecule has 0 saturated carbocycles. The summed E-state index contributed by atoms with van der Waals surface area (Å²) in [5.41, 5.74) is 2.11. The van der Waals surface area contributed by atoms with Crippen LogP contribution in [0, 0.1) is 0 Å². The zero-order valence-electron chi connectivity index (χ0n) is 16.4. The zero-order chi connectivity index (χ0) is 21.3. The van der Waals surface area contributed by atoms with E-state index in [-0.39, 0.29) is 18.1 Å². The Morgan fingerprint density at radius 1 is 0.933 bits per heavy atom. The van der Waals surface area contributed by atoms with Gasteiger partial charge in [0.1, 0.15) is 11.4 Å². The smallest absolute Gasteiger partial charge is 0.268 e. The molecular formula is C24H21ClN2O3. The molecule has 0 aliphatic rings. The zero-order valence-corrected chi connectivity index (χ0v) is 17.1. The number of amides is 2. The van der Waals surface area contributed by atoms with Crippen molar-refractivity contribution in [3.63, 3.8) is 0 Å². The Labute approximate surface area is 180 Å². The van der Waals surface area contributed by atoms with Crippen molar-refractivity contribution in [3.05, 3.63) is 106 Å². The first-order valence-corrected chi connectivity index (χ1v) is 9.68. The molecule has 0 bridgehead atoms. The van der Waals surface area contributed by atoms with Crippen molar-refractivity contribution in [2.75, 3.05) is 7.11 Å². The fraction of sp³-hybridized carbons (Fsp3) is 0.0833. The fourth-order valence-electron chi connectivity index (χ4n) is 2.72. The second-order valence-corrected chi connectivity index (χ2v) is 6.83. The standard InChI is InChI=1S/C24H21ClN2O3/c1-30-20-13-11-17(12-14-20)15-22(27-23(28)18-7-3-2-4-8-18)24(29)26-16-19-9-5-6-10-21(19)25/h2-15H,16H2,1H3,(H,26,29)(H,27,28). The Kier molecular flexibility index (Phi) is 7.24. The number of halogens is 1. The molecule has 0 aromatic heterocycles. The predicted molar refractivity (Wildman–Crippen MR) is 118 cm³/mol. The van der Waals surface area contributed by atoms with Gasteiger partial charge in [-0.2, -0.15) is 0 Å². The van der Waals surface area contributed by atoms with Crippen LogP contribution in [0.2, 0.25) is 5.02 Å². The van der Waals surface area contributed by atoms with Gasteiger partial charge in [0.05, 0.1) is 7.11 Å². The summed E-state index contributed by atoms with van der Waals surface area (Å²) in [5.74, 6) is -0.0940. The van der Waals surface area contributed by atoms with Gasteiger partial charge in [0.25, 0.3) is 11.8 Å². The van der Waals surface area contributed by atoms with Gasteiger partial charge in [-0.05, 0) is 47.5 Å². The van der Waals surface area contributed by atoms with Crippen molar-refractivity contribution < 1.29 is 14.3 Å². The molecule has 0 aliphatic carbocycles. The van der Waals surface area contributed by atoms with Crippen LogP contribution in [0.25, 0.3) is 6.08 Å². The number of rotatable bonds is 7. The lowest BCUT2D eigenvalue weighted by atomic mass is 10.1. The predicted octanol–water partition coefficient (Wildman–Crippen LogP) is 4.44. The van der Waals surface area contributed by atoms with E-state index in [1.807, 2.05) is 24.3 Å². The molecule has 5 nitrogen and oxygen atoms in total. The Bertz CT molecular complexity index is 1050. The number of carbonyl (C=O) groups excluding carboxylic acids is 2. The first-order chi connectivity index (χ1) is 14.6. The number of nitrogens with one attached hydrogen (secondary N) is 2. The molecule has 3 aromatic rings. The number of methoxy groups -OCH3 is 1. The highest BCUT2D eigenvalue weighted by Crippen LogP contribution is 2.16. The molecule has 0 unspecified atom stereocenters. The van der Waals surface area contributed by atoms with Crippen molar-refractivity contribution >= 4 is 29.5 Å². The van der Waals surface area contributed by atoms with Crippen molar-refractivity contribution in [2.24, 2.45) is 0 Å². The van der Waals surface area contributed by atoms with Crippen LogP contribution in [0.15, 0.2) is 84.6 Å². The third-order valence-electron chi connectivity index (χ3n) is 4.35. The van der Waals surface area contributed by atoms with E-state index >= 15 is 0 Å². The molecule has 152 valence electrons. The summed E-state index contributed by atoms with van der Waals surface area (Å²) in [5, 5.41) is 6.08. The average Bonchev–Trinajstić information content (AvgIpc) is 2.79. The third-order valence-corrected chi connectivity index (χ3v) is 4.72. The number of hydrogen-bond donors (Lipinski definition) is 2. The largest absolute Gasteiger partial charge is 0.497 e. The molecule has 2 N–H and O–H groups in total. The molecule has 0 fully saturated rings. The van der Waals surface area contributed by atoms with Crippen molar-refractivity contribution in [1.82, 2.24) is 10.6 Å². The van der Waals surface area contributed by atoms with Gasteiger partial charge in [-0.15, -0.1) is 0 Å². The molecule has 0 atom stereocenters. The van der Waals surface area contributed by atoms with Gasteiger partial charge in [0.15, 0.2) is 0 Å². The number of carbonyl (C=O) groups is 2. The van der Waals surface area contributed by atoms with Crippen LogP contribution in [0.1, 0.15) is 21.5 Å². The lowest BCUT2D eigenvalue weighted by Gasteiger charge is -2.12. The van der Waals surface area contributed by atoms with E-state index in [9.17, 15) is 9.59 Å². The summed E-state index contributed by atoms with van der Waals surface area (Å²) < 4.78 is 5.16. The minimum absolute atomic E-state index is 0.126. The lowest BCUT2D eigenvalue weighted by Crippen LogP contribution is -2.34.